The third-order valence-electron chi connectivity index (χ3n) is 4.08. The zero-order valence-electron chi connectivity index (χ0n) is 12.8. The zero-order valence-corrected chi connectivity index (χ0v) is 12.8. The van der Waals surface area contributed by atoms with Crippen molar-refractivity contribution >= 4 is 11.9 Å². The second-order valence-electron chi connectivity index (χ2n) is 5.53. The van der Waals surface area contributed by atoms with Crippen molar-refractivity contribution in [3.8, 4) is 0 Å². The first-order valence-corrected chi connectivity index (χ1v) is 7.38. The van der Waals surface area contributed by atoms with Crippen molar-refractivity contribution in [3.05, 3.63) is 42.0 Å². The van der Waals surface area contributed by atoms with Gasteiger partial charge in [-0.1, -0.05) is 18.2 Å². The van der Waals surface area contributed by atoms with E-state index < -0.39 is 17.8 Å². The molecule has 2 aromatic rings. The zero-order chi connectivity index (χ0) is 16.4. The van der Waals surface area contributed by atoms with Crippen LogP contribution in [0.3, 0.4) is 0 Å². The maximum Gasteiger partial charge on any atom is 0.325 e. The molecule has 7 nitrogen and oxygen atoms in total. The molecule has 1 saturated heterocycles. The van der Waals surface area contributed by atoms with Crippen LogP contribution in [-0.4, -0.2) is 56.9 Å². The van der Waals surface area contributed by atoms with Crippen LogP contribution in [0, 0.1) is 5.82 Å². The predicted molar refractivity (Wildman–Crippen MR) is 81.6 cm³/mol. The van der Waals surface area contributed by atoms with Crippen LogP contribution in [0.1, 0.15) is 11.6 Å². The van der Waals surface area contributed by atoms with Crippen LogP contribution in [0.2, 0.25) is 0 Å². The van der Waals surface area contributed by atoms with Gasteiger partial charge in [0.05, 0.1) is 0 Å². The molecule has 8 heteroatoms. The maximum atomic E-state index is 14.0. The van der Waals surface area contributed by atoms with Crippen LogP contribution in [0.5, 0.6) is 0 Å². The summed E-state index contributed by atoms with van der Waals surface area (Å²) < 4.78 is 15.8. The number of piperazine rings is 1. The lowest BCUT2D eigenvalue weighted by Crippen LogP contribution is -2.50. The SMILES string of the molecule is Cn1cnnc1N1CCN(C(C(=O)O)c2ccccc2F)CC1. The lowest BCUT2D eigenvalue weighted by Gasteiger charge is -2.38. The first-order valence-electron chi connectivity index (χ1n) is 7.38. The number of hydrogen-bond acceptors (Lipinski definition) is 5. The van der Waals surface area contributed by atoms with Gasteiger partial charge in [0.2, 0.25) is 5.95 Å². The van der Waals surface area contributed by atoms with Gasteiger partial charge in [0.1, 0.15) is 18.2 Å². The van der Waals surface area contributed by atoms with Crippen LogP contribution in [0.4, 0.5) is 10.3 Å². The Morgan fingerprint density at radius 1 is 1.26 bits per heavy atom. The van der Waals surface area contributed by atoms with Crippen LogP contribution in [-0.2, 0) is 11.8 Å². The molecule has 1 aromatic carbocycles. The molecule has 1 N–H and O–H groups in total. The van der Waals surface area contributed by atoms with Crippen LogP contribution >= 0.6 is 0 Å². The Kier molecular flexibility index (Phi) is 4.24. The second kappa shape index (κ2) is 6.33. The number of nitrogens with zero attached hydrogens (tertiary/aromatic N) is 5. The largest absolute Gasteiger partial charge is 0.480 e. The van der Waals surface area contributed by atoms with E-state index in [0.717, 1.165) is 5.95 Å². The Hall–Kier alpha value is -2.48. The number of aryl methyl sites for hydroxylation is 1. The normalized spacial score (nSPS) is 17.2. The highest BCUT2D eigenvalue weighted by Crippen LogP contribution is 2.25. The summed E-state index contributed by atoms with van der Waals surface area (Å²) in [4.78, 5) is 15.5. The molecule has 3 rings (SSSR count). The fourth-order valence-corrected chi connectivity index (χ4v) is 2.93. The summed E-state index contributed by atoms with van der Waals surface area (Å²) >= 11 is 0. The molecular formula is C15H18FN5O2. The molecule has 0 bridgehead atoms. The first kappa shape index (κ1) is 15.4. The lowest BCUT2D eigenvalue weighted by molar-refractivity contribution is -0.143. The average molecular weight is 319 g/mol. The van der Waals surface area contributed by atoms with E-state index in [1.165, 1.54) is 12.1 Å². The van der Waals surface area contributed by atoms with E-state index >= 15 is 0 Å². The van der Waals surface area contributed by atoms with E-state index in [2.05, 4.69) is 10.2 Å². The molecule has 1 atom stereocenters. The summed E-state index contributed by atoms with van der Waals surface area (Å²) in [6.45, 7) is 2.26. The van der Waals surface area contributed by atoms with E-state index in [4.69, 9.17) is 0 Å². The fraction of sp³-hybridized carbons (Fsp3) is 0.400. The summed E-state index contributed by atoms with van der Waals surface area (Å²) in [6, 6.07) is 5.07. The summed E-state index contributed by atoms with van der Waals surface area (Å²) in [5, 5.41) is 17.5. The molecule has 1 aliphatic rings. The predicted octanol–water partition coefficient (Wildman–Crippen LogP) is 0.902. The molecule has 0 radical (unpaired) electrons. The number of carboxylic acids is 1. The molecular weight excluding hydrogens is 301 g/mol. The second-order valence-corrected chi connectivity index (χ2v) is 5.53. The third-order valence-corrected chi connectivity index (χ3v) is 4.08. The summed E-state index contributed by atoms with van der Waals surface area (Å²) in [5.74, 6) is -0.778. The highest BCUT2D eigenvalue weighted by Gasteiger charge is 2.32. The van der Waals surface area contributed by atoms with Gasteiger partial charge in [-0.25, -0.2) is 4.39 Å². The molecule has 0 spiro atoms. The number of rotatable bonds is 4. The number of aromatic nitrogens is 3. The molecule has 122 valence electrons. The molecule has 1 fully saturated rings. The average Bonchev–Trinajstić information content (AvgIpc) is 2.96. The monoisotopic (exact) mass is 319 g/mol. The Bertz CT molecular complexity index is 697. The molecule has 0 aliphatic carbocycles. The van der Waals surface area contributed by atoms with Crippen molar-refractivity contribution in [2.75, 3.05) is 31.1 Å². The van der Waals surface area contributed by atoms with Crippen LogP contribution < -0.4 is 4.90 Å². The topological polar surface area (TPSA) is 74.5 Å². The number of benzene rings is 1. The van der Waals surface area contributed by atoms with Gasteiger partial charge < -0.3 is 14.6 Å². The number of aliphatic carboxylic acids is 1. The van der Waals surface area contributed by atoms with Gasteiger partial charge in [0, 0.05) is 38.8 Å². The molecule has 2 heterocycles. The fourth-order valence-electron chi connectivity index (χ4n) is 2.93. The number of carboxylic acid groups (broad SMARTS) is 1. The van der Waals surface area contributed by atoms with Crippen LogP contribution in [0.15, 0.2) is 30.6 Å². The molecule has 23 heavy (non-hydrogen) atoms. The third kappa shape index (κ3) is 3.02. The minimum Gasteiger partial charge on any atom is -0.480 e. The van der Waals surface area contributed by atoms with Crippen molar-refractivity contribution < 1.29 is 14.3 Å². The van der Waals surface area contributed by atoms with E-state index in [1.54, 1.807) is 23.4 Å². The number of hydrogen-bond donors (Lipinski definition) is 1. The minimum atomic E-state index is -1.04. The highest BCUT2D eigenvalue weighted by molar-refractivity contribution is 5.75. The van der Waals surface area contributed by atoms with Crippen molar-refractivity contribution in [3.63, 3.8) is 0 Å². The Labute approximate surface area is 133 Å². The summed E-state index contributed by atoms with van der Waals surface area (Å²) in [7, 11) is 1.86. The Balaban J connectivity index is 1.76. The van der Waals surface area contributed by atoms with Crippen molar-refractivity contribution in [1.29, 1.82) is 0 Å². The van der Waals surface area contributed by atoms with E-state index in [0.29, 0.717) is 26.2 Å². The van der Waals surface area contributed by atoms with Crippen molar-refractivity contribution in [1.82, 2.24) is 19.7 Å². The minimum absolute atomic E-state index is 0.201. The van der Waals surface area contributed by atoms with Crippen LogP contribution in [0.25, 0.3) is 0 Å². The summed E-state index contributed by atoms with van der Waals surface area (Å²) in [5.41, 5.74) is 0.201. The molecule has 1 aromatic heterocycles. The van der Waals surface area contributed by atoms with Gasteiger partial charge in [-0.3, -0.25) is 9.69 Å². The van der Waals surface area contributed by atoms with Gasteiger partial charge in [0.15, 0.2) is 0 Å². The van der Waals surface area contributed by atoms with Gasteiger partial charge >= 0.3 is 5.97 Å². The van der Waals surface area contributed by atoms with Crippen molar-refractivity contribution in [2.24, 2.45) is 7.05 Å². The van der Waals surface area contributed by atoms with Gasteiger partial charge in [-0.05, 0) is 6.07 Å². The Morgan fingerprint density at radius 2 is 1.96 bits per heavy atom. The molecule has 1 unspecified atom stereocenters. The van der Waals surface area contributed by atoms with Gasteiger partial charge in [-0.2, -0.15) is 0 Å². The first-order chi connectivity index (χ1) is 11.1. The smallest absolute Gasteiger partial charge is 0.325 e. The maximum absolute atomic E-state index is 14.0. The standard InChI is InChI=1S/C15H18FN5O2/c1-19-10-17-18-15(19)21-8-6-20(7-9-21)13(14(22)23)11-4-2-3-5-12(11)16/h2-5,10,13H,6-9H2,1H3,(H,22,23). The number of halogens is 1. The molecule has 0 saturated carbocycles. The molecule has 1 aliphatic heterocycles. The van der Waals surface area contributed by atoms with E-state index in [-0.39, 0.29) is 5.56 Å². The van der Waals surface area contributed by atoms with Gasteiger partial charge in [0.25, 0.3) is 0 Å². The van der Waals surface area contributed by atoms with Crippen molar-refractivity contribution in [2.45, 2.75) is 6.04 Å². The Morgan fingerprint density at radius 3 is 2.52 bits per heavy atom. The van der Waals surface area contributed by atoms with E-state index in [9.17, 15) is 14.3 Å². The quantitative estimate of drug-likeness (QED) is 0.902. The highest BCUT2D eigenvalue weighted by atomic mass is 19.1. The van der Waals surface area contributed by atoms with E-state index in [1.807, 2.05) is 16.5 Å². The molecule has 0 amide bonds. The lowest BCUT2D eigenvalue weighted by atomic mass is 10.0. The number of carbonyl (C=O) groups is 1. The van der Waals surface area contributed by atoms with Gasteiger partial charge in [-0.15, -0.1) is 10.2 Å². The number of anilines is 1. The summed E-state index contributed by atoms with van der Waals surface area (Å²) in [6.07, 6.45) is 1.63.